The standard InChI is InChI=1S/C14H20N2/c1-6-7-11(2)16-13-9-8-12(10-15-13)14(3,4)5/h1,8-11H,7H2,2-5H3,(H,15,16). The van der Waals surface area contributed by atoms with Crippen molar-refractivity contribution in [1.29, 1.82) is 0 Å². The lowest BCUT2D eigenvalue weighted by Crippen LogP contribution is -2.16. The molecule has 2 heteroatoms. The van der Waals surface area contributed by atoms with Crippen LogP contribution in [0.2, 0.25) is 0 Å². The van der Waals surface area contributed by atoms with Gasteiger partial charge in [0.1, 0.15) is 5.82 Å². The fourth-order valence-electron chi connectivity index (χ4n) is 1.40. The summed E-state index contributed by atoms with van der Waals surface area (Å²) < 4.78 is 0. The predicted molar refractivity (Wildman–Crippen MR) is 69.5 cm³/mol. The van der Waals surface area contributed by atoms with E-state index < -0.39 is 0 Å². The Hall–Kier alpha value is -1.49. The van der Waals surface area contributed by atoms with Crippen molar-refractivity contribution in [3.8, 4) is 12.3 Å². The van der Waals surface area contributed by atoms with Crippen LogP contribution in [-0.4, -0.2) is 11.0 Å². The van der Waals surface area contributed by atoms with Crippen LogP contribution in [0.5, 0.6) is 0 Å². The molecule has 0 aliphatic carbocycles. The Morgan fingerprint density at radius 1 is 1.44 bits per heavy atom. The minimum absolute atomic E-state index is 0.149. The molecule has 1 rings (SSSR count). The second-order valence-corrected chi connectivity index (χ2v) is 5.14. The summed E-state index contributed by atoms with van der Waals surface area (Å²) in [6.45, 7) is 8.59. The molecule has 16 heavy (non-hydrogen) atoms. The minimum atomic E-state index is 0.149. The highest BCUT2D eigenvalue weighted by Gasteiger charge is 2.13. The normalized spacial score (nSPS) is 12.9. The fraction of sp³-hybridized carbons (Fsp3) is 0.500. The minimum Gasteiger partial charge on any atom is -0.367 e. The van der Waals surface area contributed by atoms with Crippen LogP contribution in [-0.2, 0) is 5.41 Å². The van der Waals surface area contributed by atoms with Crippen molar-refractivity contribution >= 4 is 5.82 Å². The molecule has 1 heterocycles. The van der Waals surface area contributed by atoms with E-state index in [1.165, 1.54) is 5.56 Å². The number of pyridine rings is 1. The molecular formula is C14H20N2. The molecule has 0 radical (unpaired) electrons. The van der Waals surface area contributed by atoms with Gasteiger partial charge in [0.15, 0.2) is 0 Å². The van der Waals surface area contributed by atoms with Crippen molar-refractivity contribution in [2.45, 2.75) is 45.6 Å². The number of hydrogen-bond donors (Lipinski definition) is 1. The van der Waals surface area contributed by atoms with Gasteiger partial charge in [-0.1, -0.05) is 26.8 Å². The van der Waals surface area contributed by atoms with Crippen LogP contribution in [0.3, 0.4) is 0 Å². The van der Waals surface area contributed by atoms with Gasteiger partial charge < -0.3 is 5.32 Å². The Bertz CT molecular complexity index is 365. The van der Waals surface area contributed by atoms with Gasteiger partial charge in [0.2, 0.25) is 0 Å². The number of rotatable bonds is 3. The monoisotopic (exact) mass is 216 g/mol. The van der Waals surface area contributed by atoms with Crippen molar-refractivity contribution in [1.82, 2.24) is 4.98 Å². The molecule has 86 valence electrons. The van der Waals surface area contributed by atoms with E-state index in [1.807, 2.05) is 12.3 Å². The molecule has 0 aliphatic heterocycles. The average molecular weight is 216 g/mol. The maximum Gasteiger partial charge on any atom is 0.126 e. The van der Waals surface area contributed by atoms with Gasteiger partial charge >= 0.3 is 0 Å². The van der Waals surface area contributed by atoms with Crippen LogP contribution in [0.15, 0.2) is 18.3 Å². The summed E-state index contributed by atoms with van der Waals surface area (Å²) in [6, 6.07) is 4.38. The zero-order valence-electron chi connectivity index (χ0n) is 10.5. The average Bonchev–Trinajstić information content (AvgIpc) is 2.17. The highest BCUT2D eigenvalue weighted by Crippen LogP contribution is 2.22. The lowest BCUT2D eigenvalue weighted by molar-refractivity contribution is 0.587. The fourth-order valence-corrected chi connectivity index (χ4v) is 1.40. The number of terminal acetylenes is 1. The first-order chi connectivity index (χ1) is 7.43. The Morgan fingerprint density at radius 2 is 2.12 bits per heavy atom. The van der Waals surface area contributed by atoms with Crippen LogP contribution in [0.4, 0.5) is 5.82 Å². The third-order valence-electron chi connectivity index (χ3n) is 2.45. The summed E-state index contributed by atoms with van der Waals surface area (Å²) in [5, 5.41) is 3.27. The van der Waals surface area contributed by atoms with Crippen LogP contribution < -0.4 is 5.32 Å². The first kappa shape index (κ1) is 12.6. The molecule has 2 nitrogen and oxygen atoms in total. The van der Waals surface area contributed by atoms with Crippen LogP contribution >= 0.6 is 0 Å². The van der Waals surface area contributed by atoms with Crippen molar-refractivity contribution in [3.63, 3.8) is 0 Å². The number of aromatic nitrogens is 1. The first-order valence-corrected chi connectivity index (χ1v) is 5.60. The van der Waals surface area contributed by atoms with Crippen molar-refractivity contribution in [2.75, 3.05) is 5.32 Å². The van der Waals surface area contributed by atoms with Crippen LogP contribution in [0, 0.1) is 12.3 Å². The molecule has 0 aliphatic rings. The molecular weight excluding hydrogens is 196 g/mol. The molecule has 1 unspecified atom stereocenters. The smallest absolute Gasteiger partial charge is 0.126 e. The quantitative estimate of drug-likeness (QED) is 0.785. The molecule has 0 fully saturated rings. The molecule has 0 bridgehead atoms. The van der Waals surface area contributed by atoms with Gasteiger partial charge in [0.25, 0.3) is 0 Å². The van der Waals surface area contributed by atoms with Gasteiger partial charge in [-0.05, 0) is 24.0 Å². The zero-order valence-corrected chi connectivity index (χ0v) is 10.5. The topological polar surface area (TPSA) is 24.9 Å². The zero-order chi connectivity index (χ0) is 12.2. The second kappa shape index (κ2) is 5.03. The van der Waals surface area contributed by atoms with Crippen molar-refractivity contribution < 1.29 is 0 Å². The van der Waals surface area contributed by atoms with E-state index in [4.69, 9.17) is 6.42 Å². The third-order valence-corrected chi connectivity index (χ3v) is 2.45. The Kier molecular flexibility index (Phi) is 3.95. The molecule has 1 aromatic heterocycles. The lowest BCUT2D eigenvalue weighted by atomic mass is 9.88. The largest absolute Gasteiger partial charge is 0.367 e. The van der Waals surface area contributed by atoms with E-state index in [1.54, 1.807) is 0 Å². The van der Waals surface area contributed by atoms with E-state index in [0.29, 0.717) is 6.42 Å². The van der Waals surface area contributed by atoms with Crippen LogP contribution in [0.1, 0.15) is 39.7 Å². The summed E-state index contributed by atoms with van der Waals surface area (Å²) in [6.07, 6.45) is 7.89. The molecule has 0 spiro atoms. The summed E-state index contributed by atoms with van der Waals surface area (Å²) >= 11 is 0. The molecule has 0 saturated heterocycles. The highest BCUT2D eigenvalue weighted by molar-refractivity contribution is 5.38. The first-order valence-electron chi connectivity index (χ1n) is 5.60. The number of nitrogens with zero attached hydrogens (tertiary/aromatic N) is 1. The molecule has 0 saturated carbocycles. The summed E-state index contributed by atoms with van der Waals surface area (Å²) in [4.78, 5) is 4.39. The molecule has 0 aromatic carbocycles. The summed E-state index contributed by atoms with van der Waals surface area (Å²) in [5.74, 6) is 3.52. The van der Waals surface area contributed by atoms with Crippen LogP contribution in [0.25, 0.3) is 0 Å². The summed E-state index contributed by atoms with van der Waals surface area (Å²) in [5.41, 5.74) is 1.39. The number of hydrogen-bond acceptors (Lipinski definition) is 2. The van der Waals surface area contributed by atoms with Gasteiger partial charge in [0.05, 0.1) is 0 Å². The van der Waals surface area contributed by atoms with E-state index >= 15 is 0 Å². The summed E-state index contributed by atoms with van der Waals surface area (Å²) in [7, 11) is 0. The Balaban J connectivity index is 2.69. The van der Waals surface area contributed by atoms with Gasteiger partial charge in [-0.3, -0.25) is 0 Å². The number of nitrogens with one attached hydrogen (secondary N) is 1. The maximum atomic E-state index is 5.25. The molecule has 1 N–H and O–H groups in total. The lowest BCUT2D eigenvalue weighted by Gasteiger charge is -2.19. The predicted octanol–water partition coefficient (Wildman–Crippen LogP) is 3.20. The SMILES string of the molecule is C#CCC(C)Nc1ccc(C(C)(C)C)cn1. The number of anilines is 1. The molecule has 1 atom stereocenters. The van der Waals surface area contributed by atoms with Crippen molar-refractivity contribution in [3.05, 3.63) is 23.9 Å². The maximum absolute atomic E-state index is 5.25. The Morgan fingerprint density at radius 3 is 2.56 bits per heavy atom. The van der Waals surface area contributed by atoms with Gasteiger partial charge in [-0.15, -0.1) is 12.3 Å². The molecule has 1 aromatic rings. The highest BCUT2D eigenvalue weighted by atomic mass is 15.0. The second-order valence-electron chi connectivity index (χ2n) is 5.14. The Labute approximate surface area is 98.5 Å². The van der Waals surface area contributed by atoms with E-state index in [0.717, 1.165) is 5.82 Å². The van der Waals surface area contributed by atoms with E-state index in [9.17, 15) is 0 Å². The third kappa shape index (κ3) is 3.58. The van der Waals surface area contributed by atoms with E-state index in [-0.39, 0.29) is 11.5 Å². The van der Waals surface area contributed by atoms with Crippen molar-refractivity contribution in [2.24, 2.45) is 0 Å². The van der Waals surface area contributed by atoms with Gasteiger partial charge in [0, 0.05) is 18.7 Å². The van der Waals surface area contributed by atoms with Gasteiger partial charge in [-0.2, -0.15) is 0 Å². The van der Waals surface area contributed by atoms with Gasteiger partial charge in [-0.25, -0.2) is 4.98 Å². The molecule has 0 amide bonds. The van der Waals surface area contributed by atoms with E-state index in [2.05, 4.69) is 50.0 Å².